The van der Waals surface area contributed by atoms with E-state index in [2.05, 4.69) is 16.0 Å². The maximum atomic E-state index is 13.8. The average molecular weight is 710 g/mol. The molecular formula is C41H52BN3O7. The molecule has 7 N–H and O–H groups in total. The fraction of sp³-hybridized carbons (Fsp3) is 0.341. The number of nitrogens with one attached hydrogen (secondary N) is 3. The van der Waals surface area contributed by atoms with Crippen molar-refractivity contribution >= 4 is 25.6 Å². The first-order valence-electron chi connectivity index (χ1n) is 17.2. The van der Waals surface area contributed by atoms with Crippen LogP contribution in [0.3, 0.4) is 0 Å². The number of hydrogen-bond donors (Lipinski definition) is 3. The van der Waals surface area contributed by atoms with Crippen LogP contribution >= 0.6 is 0 Å². The van der Waals surface area contributed by atoms with Gasteiger partial charge in [0.1, 0.15) is 36.8 Å². The number of ether oxygens (including phenoxy) is 2. The molecule has 0 heterocycles. The zero-order chi connectivity index (χ0) is 35.9. The Morgan fingerprint density at radius 3 is 1.73 bits per heavy atom. The molecule has 3 unspecified atom stereocenters. The van der Waals surface area contributed by atoms with Crippen molar-refractivity contribution < 1.29 is 34.8 Å². The normalized spacial score (nSPS) is 12.3. The Morgan fingerprint density at radius 2 is 1.17 bits per heavy atom. The zero-order valence-electron chi connectivity index (χ0n) is 30.4. The molecule has 0 saturated carbocycles. The molecule has 0 saturated heterocycles. The molecule has 10 nitrogen and oxygen atoms in total. The van der Waals surface area contributed by atoms with Gasteiger partial charge < -0.3 is 36.4 Å². The van der Waals surface area contributed by atoms with Gasteiger partial charge in [-0.05, 0) is 70.7 Å². The van der Waals surface area contributed by atoms with Crippen molar-refractivity contribution in [1.82, 2.24) is 16.0 Å². The highest BCUT2D eigenvalue weighted by Gasteiger charge is 2.29. The highest BCUT2D eigenvalue weighted by molar-refractivity contribution is 6.13. The molecule has 11 heteroatoms. The Hall–Kier alpha value is -5.13. The third-order valence-corrected chi connectivity index (χ3v) is 8.07. The van der Waals surface area contributed by atoms with Crippen molar-refractivity contribution in [1.29, 1.82) is 0 Å². The predicted octanol–water partition coefficient (Wildman–Crippen LogP) is 4.26. The van der Waals surface area contributed by atoms with Gasteiger partial charge in [-0.25, -0.2) is 0 Å². The Labute approximate surface area is 308 Å². The zero-order valence-corrected chi connectivity index (χ0v) is 30.4. The summed E-state index contributed by atoms with van der Waals surface area (Å²) in [6.45, 7) is 8.59. The van der Waals surface area contributed by atoms with Crippen LogP contribution in [0.2, 0.25) is 0 Å². The minimum atomic E-state index is -0.950. The van der Waals surface area contributed by atoms with E-state index in [1.54, 1.807) is 0 Å². The standard InChI is InChI=1S/C41H48BN3O5.2H2O/c1-28(2)22-37(42)44-41(48)39(29(3)4)45-40(47)36(24-30-18-20-34(21-19-30)49-26-31-12-7-5-8-13-31)43-38(46)25-33-16-11-17-35(23-33)50-27-32-14-9-6-10-15-32;;/h5-21,23,28-29,36-37,39H,22,24-27H2,1-4H3,(H,43,46)(H,44,48)(H,45,47);2*1H2. The van der Waals surface area contributed by atoms with Gasteiger partial charge in [-0.3, -0.25) is 14.4 Å². The van der Waals surface area contributed by atoms with Crippen LogP contribution in [0.4, 0.5) is 0 Å². The smallest absolute Gasteiger partial charge is 0.243 e. The molecule has 276 valence electrons. The van der Waals surface area contributed by atoms with Crippen molar-refractivity contribution in [2.24, 2.45) is 11.8 Å². The summed E-state index contributed by atoms with van der Waals surface area (Å²) in [5.74, 6) is -0.295. The second-order valence-corrected chi connectivity index (χ2v) is 13.3. The first kappa shape index (κ1) is 43.0. The van der Waals surface area contributed by atoms with Gasteiger partial charge in [0.2, 0.25) is 17.7 Å². The molecule has 0 fully saturated rings. The summed E-state index contributed by atoms with van der Waals surface area (Å²) in [5.41, 5.74) is 3.65. The Kier molecular flexibility index (Phi) is 18.2. The van der Waals surface area contributed by atoms with Gasteiger partial charge in [0.05, 0.1) is 14.3 Å². The molecule has 4 aromatic carbocycles. The van der Waals surface area contributed by atoms with Crippen molar-refractivity contribution in [3.63, 3.8) is 0 Å². The van der Waals surface area contributed by atoms with Crippen LogP contribution in [-0.2, 0) is 40.4 Å². The number of rotatable bonds is 18. The first-order valence-corrected chi connectivity index (χ1v) is 17.2. The van der Waals surface area contributed by atoms with Gasteiger partial charge >= 0.3 is 0 Å². The first-order chi connectivity index (χ1) is 24.0. The lowest BCUT2D eigenvalue weighted by Crippen LogP contribution is -2.57. The highest BCUT2D eigenvalue weighted by atomic mass is 16.5. The second-order valence-electron chi connectivity index (χ2n) is 13.3. The van der Waals surface area contributed by atoms with Crippen LogP contribution in [0.15, 0.2) is 109 Å². The number of hydrogen-bond acceptors (Lipinski definition) is 5. The van der Waals surface area contributed by atoms with Crippen LogP contribution in [-0.4, -0.2) is 54.5 Å². The molecule has 52 heavy (non-hydrogen) atoms. The fourth-order valence-electron chi connectivity index (χ4n) is 5.45. The largest absolute Gasteiger partial charge is 0.489 e. The quantitative estimate of drug-likeness (QED) is 0.131. The third kappa shape index (κ3) is 14.6. The van der Waals surface area contributed by atoms with E-state index in [1.807, 2.05) is 137 Å². The van der Waals surface area contributed by atoms with E-state index in [-0.39, 0.29) is 41.5 Å². The lowest BCUT2D eigenvalue weighted by Gasteiger charge is -2.27. The molecule has 0 aliphatic carbocycles. The third-order valence-electron chi connectivity index (χ3n) is 8.07. The van der Waals surface area contributed by atoms with Crippen molar-refractivity contribution in [3.8, 4) is 11.5 Å². The van der Waals surface area contributed by atoms with Crippen molar-refractivity contribution in [2.75, 3.05) is 0 Å². The van der Waals surface area contributed by atoms with Crippen LogP contribution in [0.5, 0.6) is 11.5 Å². The molecule has 4 rings (SSSR count). The highest BCUT2D eigenvalue weighted by Crippen LogP contribution is 2.18. The number of carbonyl (C=O) groups is 3. The van der Waals surface area contributed by atoms with Crippen LogP contribution < -0.4 is 25.4 Å². The molecule has 3 atom stereocenters. The topological polar surface area (TPSA) is 169 Å². The van der Waals surface area contributed by atoms with E-state index >= 15 is 0 Å². The molecule has 0 bridgehead atoms. The predicted molar refractivity (Wildman–Crippen MR) is 205 cm³/mol. The molecule has 2 radical (unpaired) electrons. The summed E-state index contributed by atoms with van der Waals surface area (Å²) in [6.07, 6.45) is 0.847. The fourth-order valence-corrected chi connectivity index (χ4v) is 5.45. The molecule has 4 aromatic rings. The maximum absolute atomic E-state index is 13.8. The summed E-state index contributed by atoms with van der Waals surface area (Å²) < 4.78 is 11.9. The van der Waals surface area contributed by atoms with Crippen molar-refractivity contribution in [3.05, 3.63) is 131 Å². The van der Waals surface area contributed by atoms with Gasteiger partial charge in [0, 0.05) is 6.42 Å². The lowest BCUT2D eigenvalue weighted by molar-refractivity contribution is -0.132. The van der Waals surface area contributed by atoms with E-state index in [0.29, 0.717) is 37.1 Å². The average Bonchev–Trinajstić information content (AvgIpc) is 3.09. The van der Waals surface area contributed by atoms with Crippen LogP contribution in [0.25, 0.3) is 0 Å². The SMILES string of the molecule is O.O.[B]C(CC(C)C)NC(=O)C(NC(=O)C(Cc1ccc(OCc2ccccc2)cc1)NC(=O)Cc1cccc(OCc2ccccc2)c1)C(C)C. The monoisotopic (exact) mass is 709 g/mol. The van der Waals surface area contributed by atoms with Gasteiger partial charge in [-0.1, -0.05) is 113 Å². The summed E-state index contributed by atoms with van der Waals surface area (Å²) >= 11 is 0. The Bertz CT molecular complexity index is 1650. The maximum Gasteiger partial charge on any atom is 0.243 e. The van der Waals surface area contributed by atoms with E-state index in [1.165, 1.54) is 0 Å². The molecule has 0 aliphatic heterocycles. The Balaban J connectivity index is 0.00000468. The number of benzene rings is 4. The van der Waals surface area contributed by atoms with E-state index < -0.39 is 23.9 Å². The minimum absolute atomic E-state index is 0. The van der Waals surface area contributed by atoms with Gasteiger partial charge in [-0.2, -0.15) is 0 Å². The molecule has 0 spiro atoms. The minimum Gasteiger partial charge on any atom is -0.489 e. The number of carbonyl (C=O) groups excluding carboxylic acids is 3. The molecule has 0 aliphatic rings. The molecule has 3 amide bonds. The van der Waals surface area contributed by atoms with E-state index in [9.17, 15) is 14.4 Å². The Morgan fingerprint density at radius 1 is 0.615 bits per heavy atom. The summed E-state index contributed by atoms with van der Waals surface area (Å²) in [4.78, 5) is 40.5. The van der Waals surface area contributed by atoms with Gasteiger partial charge in [0.15, 0.2) is 0 Å². The summed E-state index contributed by atoms with van der Waals surface area (Å²) in [5, 5.41) is 8.64. The van der Waals surface area contributed by atoms with Gasteiger partial charge in [0.25, 0.3) is 0 Å². The van der Waals surface area contributed by atoms with Gasteiger partial charge in [-0.15, -0.1) is 0 Å². The molecular weight excluding hydrogens is 657 g/mol. The number of amides is 3. The summed E-state index contributed by atoms with van der Waals surface area (Å²) in [7, 11) is 6.15. The van der Waals surface area contributed by atoms with Crippen LogP contribution in [0, 0.1) is 11.8 Å². The van der Waals surface area contributed by atoms with E-state index in [0.717, 1.165) is 22.3 Å². The van der Waals surface area contributed by atoms with Crippen molar-refractivity contribution in [2.45, 2.75) is 78.2 Å². The van der Waals surface area contributed by atoms with E-state index in [4.69, 9.17) is 17.3 Å². The lowest BCUT2D eigenvalue weighted by atomic mass is 9.87. The molecule has 0 aromatic heterocycles. The second kappa shape index (κ2) is 21.9. The van der Waals surface area contributed by atoms with Crippen LogP contribution in [0.1, 0.15) is 56.4 Å². The summed E-state index contributed by atoms with van der Waals surface area (Å²) in [6, 6.07) is 32.7.